The van der Waals surface area contributed by atoms with Gasteiger partial charge in [-0.3, -0.25) is 14.4 Å². The average Bonchev–Trinajstić information content (AvgIpc) is 3.07. The van der Waals surface area contributed by atoms with Crippen LogP contribution in [-0.2, 0) is 28.7 Å². The minimum absolute atomic E-state index is 0.0500. The van der Waals surface area contributed by atoms with Gasteiger partial charge in [0.25, 0.3) is 0 Å². The molecule has 1 unspecified atom stereocenters. The van der Waals surface area contributed by atoms with Crippen molar-refractivity contribution in [2.24, 2.45) is 5.73 Å². The molecule has 7 heteroatoms. The number of carbonyl (C=O) groups excluding carboxylic acids is 4. The van der Waals surface area contributed by atoms with Crippen molar-refractivity contribution >= 4 is 23.9 Å². The number of rotatable bonds is 32. The second-order valence-corrected chi connectivity index (χ2v) is 12.7. The molecule has 0 radical (unpaired) electrons. The summed E-state index contributed by atoms with van der Waals surface area (Å²) in [7, 11) is 0. The van der Waals surface area contributed by atoms with E-state index in [2.05, 4.69) is 62.5 Å². The smallest absolute Gasteiger partial charge is 0.330 e. The van der Waals surface area contributed by atoms with E-state index in [-0.39, 0.29) is 25.7 Å². The Hall–Kier alpha value is -2.80. The predicted molar refractivity (Wildman–Crippen MR) is 198 cm³/mol. The van der Waals surface area contributed by atoms with Gasteiger partial charge in [0.05, 0.1) is 0 Å². The topological polar surface area (TPSA) is 113 Å². The van der Waals surface area contributed by atoms with Gasteiger partial charge in [-0.15, -0.1) is 0 Å². The van der Waals surface area contributed by atoms with Crippen molar-refractivity contribution < 1.29 is 28.7 Å². The molecular weight excluding hydrogens is 602 g/mol. The fourth-order valence-corrected chi connectivity index (χ4v) is 5.02. The molecule has 0 saturated heterocycles. The molecule has 0 aliphatic carbocycles. The molecule has 0 aromatic heterocycles. The van der Waals surface area contributed by atoms with Crippen LogP contribution in [0.5, 0.6) is 0 Å². The molecule has 0 heterocycles. The lowest BCUT2D eigenvalue weighted by atomic mass is 10.1. The highest BCUT2D eigenvalue weighted by Gasteiger charge is 2.21. The molecule has 274 valence electrons. The maximum atomic E-state index is 12.1. The summed E-state index contributed by atoms with van der Waals surface area (Å²) in [6.45, 7) is 4.44. The normalized spacial score (nSPS) is 12.5. The van der Waals surface area contributed by atoms with Crippen LogP contribution >= 0.6 is 0 Å². The van der Waals surface area contributed by atoms with Gasteiger partial charge in [-0.05, 0) is 83.5 Å². The highest BCUT2D eigenvalue weighted by molar-refractivity contribution is 5.89. The lowest BCUT2D eigenvalue weighted by Gasteiger charge is -2.10. The Bertz CT molecular complexity index is 935. The van der Waals surface area contributed by atoms with Gasteiger partial charge in [-0.2, -0.15) is 0 Å². The van der Waals surface area contributed by atoms with Crippen LogP contribution in [0.2, 0.25) is 0 Å². The lowest BCUT2D eigenvalue weighted by Crippen LogP contribution is -2.34. The van der Waals surface area contributed by atoms with E-state index in [1.807, 2.05) is 0 Å². The number of ether oxygens (including phenoxy) is 2. The number of carbonyl (C=O) groups is 4. The fourth-order valence-electron chi connectivity index (χ4n) is 5.02. The molecule has 2 N–H and O–H groups in total. The molecule has 0 aromatic rings. The summed E-state index contributed by atoms with van der Waals surface area (Å²) in [5, 5.41) is 0. The molecule has 48 heavy (non-hydrogen) atoms. The number of hydrogen-bond donors (Lipinski definition) is 1. The molecular formula is C41H69NO6. The van der Waals surface area contributed by atoms with Gasteiger partial charge >= 0.3 is 23.9 Å². The second kappa shape index (κ2) is 35.5. The number of unbranched alkanes of at least 4 members (excludes halogenated alkanes) is 16. The van der Waals surface area contributed by atoms with Gasteiger partial charge in [-0.25, -0.2) is 4.79 Å². The lowest BCUT2D eigenvalue weighted by molar-refractivity contribution is -0.160. The molecule has 0 aromatic carbocycles. The average molecular weight is 672 g/mol. The molecule has 0 bridgehead atoms. The van der Waals surface area contributed by atoms with E-state index in [0.717, 1.165) is 77.0 Å². The van der Waals surface area contributed by atoms with Crippen molar-refractivity contribution in [3.63, 3.8) is 0 Å². The van der Waals surface area contributed by atoms with Crippen molar-refractivity contribution in [3.8, 4) is 0 Å². The molecule has 0 saturated carbocycles. The Morgan fingerprint density at radius 1 is 0.458 bits per heavy atom. The minimum atomic E-state index is -1.12. The van der Waals surface area contributed by atoms with Crippen LogP contribution in [0.1, 0.15) is 181 Å². The quantitative estimate of drug-likeness (QED) is 0.0328. The Balaban J connectivity index is 3.73. The fraction of sp³-hybridized carbons (Fsp3) is 0.707. The third-order valence-electron chi connectivity index (χ3n) is 8.07. The third-order valence-corrected chi connectivity index (χ3v) is 8.07. The maximum absolute atomic E-state index is 12.1. The van der Waals surface area contributed by atoms with Crippen LogP contribution in [0.3, 0.4) is 0 Å². The van der Waals surface area contributed by atoms with Crippen molar-refractivity contribution in [1.29, 1.82) is 0 Å². The maximum Gasteiger partial charge on any atom is 0.330 e. The summed E-state index contributed by atoms with van der Waals surface area (Å²) in [5.74, 6) is -2.74. The van der Waals surface area contributed by atoms with Crippen LogP contribution < -0.4 is 5.73 Å². The number of nitrogens with two attached hydrogens (primary N) is 1. The highest BCUT2D eigenvalue weighted by Crippen LogP contribution is 2.11. The summed E-state index contributed by atoms with van der Waals surface area (Å²) in [4.78, 5) is 48.1. The van der Waals surface area contributed by atoms with E-state index >= 15 is 0 Å². The molecule has 1 atom stereocenters. The molecule has 0 amide bonds. The van der Waals surface area contributed by atoms with Crippen LogP contribution in [0.25, 0.3) is 0 Å². The van der Waals surface area contributed by atoms with Gasteiger partial charge in [-0.1, -0.05) is 127 Å². The zero-order valence-corrected chi connectivity index (χ0v) is 30.6. The molecule has 7 nitrogen and oxygen atoms in total. The van der Waals surface area contributed by atoms with Crippen molar-refractivity contribution in [1.82, 2.24) is 0 Å². The van der Waals surface area contributed by atoms with E-state index in [4.69, 9.17) is 15.2 Å². The largest absolute Gasteiger partial charge is 0.393 e. The van der Waals surface area contributed by atoms with Gasteiger partial charge in [0, 0.05) is 19.3 Å². The van der Waals surface area contributed by atoms with Gasteiger partial charge < -0.3 is 15.2 Å². The summed E-state index contributed by atoms with van der Waals surface area (Å²) in [6, 6.07) is -1.12. The Kier molecular flexibility index (Phi) is 33.4. The third kappa shape index (κ3) is 33.1. The molecule has 0 fully saturated rings. The molecule has 0 rings (SSSR count). The SMILES string of the molecule is CCCCC/C=C\C/C=C\CCCCCCCC(=O)OC(=O)CCC(N)C(=O)OC(=O)CCCCCCC/C=C\C/C=C\CCCCC. The van der Waals surface area contributed by atoms with Crippen LogP contribution in [-0.4, -0.2) is 29.9 Å². The highest BCUT2D eigenvalue weighted by atomic mass is 16.6. The monoisotopic (exact) mass is 672 g/mol. The zero-order chi connectivity index (χ0) is 35.3. The van der Waals surface area contributed by atoms with Gasteiger partial charge in [0.15, 0.2) is 0 Å². The van der Waals surface area contributed by atoms with Crippen LogP contribution in [0.15, 0.2) is 48.6 Å². The summed E-state index contributed by atoms with van der Waals surface area (Å²) < 4.78 is 9.68. The number of allylic oxidation sites excluding steroid dienone is 8. The molecule has 0 aliphatic rings. The number of esters is 4. The minimum Gasteiger partial charge on any atom is -0.393 e. The Labute approximate surface area is 293 Å². The van der Waals surface area contributed by atoms with Crippen molar-refractivity contribution in [3.05, 3.63) is 48.6 Å². The molecule has 0 spiro atoms. The van der Waals surface area contributed by atoms with E-state index < -0.39 is 29.9 Å². The Morgan fingerprint density at radius 3 is 1.25 bits per heavy atom. The standard InChI is InChI=1S/C41H69NO6/c1-3-5-7-9-11-13-15-17-19-21-23-25-27-29-31-33-38(43)47-40(45)36-35-37(42)41(46)48-39(44)34-32-30-28-26-24-22-20-18-16-14-12-10-8-6-4-2/h11-14,17-20,37H,3-10,15-16,21-36,42H2,1-2H3/b13-11-,14-12-,19-17-,20-18-. The van der Waals surface area contributed by atoms with E-state index in [1.54, 1.807) is 0 Å². The first-order chi connectivity index (χ1) is 23.4. The van der Waals surface area contributed by atoms with E-state index in [9.17, 15) is 19.2 Å². The number of hydrogen-bond acceptors (Lipinski definition) is 7. The van der Waals surface area contributed by atoms with Crippen molar-refractivity contribution in [2.45, 2.75) is 187 Å². The Morgan fingerprint density at radius 2 is 0.812 bits per heavy atom. The van der Waals surface area contributed by atoms with Gasteiger partial charge in [0.2, 0.25) is 0 Å². The van der Waals surface area contributed by atoms with Crippen LogP contribution in [0, 0.1) is 0 Å². The summed E-state index contributed by atoms with van der Waals surface area (Å²) >= 11 is 0. The first-order valence-electron chi connectivity index (χ1n) is 19.2. The molecule has 0 aliphatic heterocycles. The second-order valence-electron chi connectivity index (χ2n) is 12.7. The van der Waals surface area contributed by atoms with Gasteiger partial charge in [0.1, 0.15) is 6.04 Å². The van der Waals surface area contributed by atoms with Crippen LogP contribution in [0.4, 0.5) is 0 Å². The summed E-state index contributed by atoms with van der Waals surface area (Å²) in [5.41, 5.74) is 5.79. The van der Waals surface area contributed by atoms with E-state index in [0.29, 0.717) is 12.8 Å². The first-order valence-corrected chi connectivity index (χ1v) is 19.2. The predicted octanol–water partition coefficient (Wildman–Crippen LogP) is 10.9. The zero-order valence-electron chi connectivity index (χ0n) is 30.6. The summed E-state index contributed by atoms with van der Waals surface area (Å²) in [6.07, 6.45) is 41.9. The van der Waals surface area contributed by atoms with E-state index in [1.165, 1.54) is 51.4 Å². The van der Waals surface area contributed by atoms with Crippen molar-refractivity contribution in [2.75, 3.05) is 0 Å². The first kappa shape index (κ1) is 45.2.